The second kappa shape index (κ2) is 1.88. The molecule has 2 heterocycles. The molecule has 0 unspecified atom stereocenters. The van der Waals surface area contributed by atoms with Crippen molar-refractivity contribution in [3.63, 3.8) is 0 Å². The van der Waals surface area contributed by atoms with Gasteiger partial charge in [-0.05, 0) is 6.07 Å². The minimum atomic E-state index is -0.110. The number of anilines is 1. The lowest BCUT2D eigenvalue weighted by molar-refractivity contribution is 1.12. The van der Waals surface area contributed by atoms with Crippen molar-refractivity contribution < 1.29 is 0 Å². The molecule has 2 aromatic heterocycles. The summed E-state index contributed by atoms with van der Waals surface area (Å²) in [6.07, 6.45) is 1.59. The highest BCUT2D eigenvalue weighted by Gasteiger charge is 1.98. The lowest BCUT2D eigenvalue weighted by Crippen LogP contribution is -2.11. The van der Waals surface area contributed by atoms with Crippen LogP contribution in [0.4, 0.5) is 5.82 Å². The van der Waals surface area contributed by atoms with Crippen molar-refractivity contribution in [2.45, 2.75) is 0 Å². The number of aromatic amines is 1. The molecule has 4 heteroatoms. The van der Waals surface area contributed by atoms with Gasteiger partial charge < -0.3 is 10.7 Å². The number of pyridine rings is 1. The number of H-pyrrole nitrogens is 1. The Morgan fingerprint density at radius 1 is 1.45 bits per heavy atom. The van der Waals surface area contributed by atoms with Gasteiger partial charge in [-0.3, -0.25) is 4.79 Å². The lowest BCUT2D eigenvalue weighted by atomic mass is 10.5. The summed E-state index contributed by atoms with van der Waals surface area (Å²) in [7, 11) is 0. The smallest absolute Gasteiger partial charge is 0.257 e. The monoisotopic (exact) mass is 149 g/mol. The van der Waals surface area contributed by atoms with E-state index in [4.69, 9.17) is 5.73 Å². The van der Waals surface area contributed by atoms with Crippen LogP contribution in [0, 0.1) is 0 Å². The highest BCUT2D eigenvalue weighted by Crippen LogP contribution is 2.02. The first-order valence-corrected chi connectivity index (χ1v) is 3.23. The number of nitrogens with zero attached hydrogens (tertiary/aromatic N) is 1. The highest BCUT2D eigenvalue weighted by atomic mass is 16.1. The number of nitrogens with two attached hydrogens (primary N) is 1. The molecule has 0 spiro atoms. The molecule has 11 heavy (non-hydrogen) atoms. The molecule has 0 radical (unpaired) electrons. The molecule has 0 aromatic carbocycles. The van der Waals surface area contributed by atoms with E-state index < -0.39 is 0 Å². The molecule has 0 aliphatic rings. The van der Waals surface area contributed by atoms with Gasteiger partial charge in [0.1, 0.15) is 11.5 Å². The van der Waals surface area contributed by atoms with Gasteiger partial charge >= 0.3 is 0 Å². The summed E-state index contributed by atoms with van der Waals surface area (Å²) in [6, 6.07) is 4.95. The summed E-state index contributed by atoms with van der Waals surface area (Å²) in [5.74, 6) is 0.436. The number of fused-ring (bicyclic) bond motifs is 1. The maximum absolute atomic E-state index is 11.1. The van der Waals surface area contributed by atoms with Gasteiger partial charge in [0.15, 0.2) is 0 Å². The zero-order chi connectivity index (χ0) is 7.84. The molecule has 0 saturated heterocycles. The van der Waals surface area contributed by atoms with E-state index in [0.717, 1.165) is 5.65 Å². The maximum atomic E-state index is 11.1. The van der Waals surface area contributed by atoms with Crippen molar-refractivity contribution in [2.24, 2.45) is 0 Å². The van der Waals surface area contributed by atoms with Crippen LogP contribution in [-0.2, 0) is 0 Å². The van der Waals surface area contributed by atoms with Crippen LogP contribution in [0.3, 0.4) is 0 Å². The fraction of sp³-hybridized carbons (Fsp3) is 0. The first-order valence-electron chi connectivity index (χ1n) is 3.23. The molecular weight excluding hydrogens is 142 g/mol. The Morgan fingerprint density at radius 2 is 2.27 bits per heavy atom. The third-order valence-electron chi connectivity index (χ3n) is 1.58. The normalized spacial score (nSPS) is 10.5. The Morgan fingerprint density at radius 3 is 3.00 bits per heavy atom. The van der Waals surface area contributed by atoms with E-state index in [9.17, 15) is 4.79 Å². The zero-order valence-electron chi connectivity index (χ0n) is 5.74. The standard InChI is InChI=1S/C7H7N3O/c8-5-4-9-6-2-1-3-7(11)10(5)6/h1-4,9H,8H2. The SMILES string of the molecule is Nc1c[nH]c2cccc(=O)n12. The van der Waals surface area contributed by atoms with E-state index in [0.29, 0.717) is 5.82 Å². The van der Waals surface area contributed by atoms with E-state index >= 15 is 0 Å². The summed E-state index contributed by atoms with van der Waals surface area (Å²) in [5.41, 5.74) is 6.12. The number of nitrogen functional groups attached to an aromatic ring is 1. The molecule has 0 bridgehead atoms. The first kappa shape index (κ1) is 6.03. The van der Waals surface area contributed by atoms with Crippen molar-refractivity contribution in [3.05, 3.63) is 34.7 Å². The Hall–Kier alpha value is -1.71. The average molecular weight is 149 g/mol. The molecule has 0 fully saturated rings. The largest absolute Gasteiger partial charge is 0.383 e. The summed E-state index contributed by atoms with van der Waals surface area (Å²) in [6.45, 7) is 0. The topological polar surface area (TPSA) is 63.3 Å². The predicted molar refractivity (Wildman–Crippen MR) is 42.4 cm³/mol. The Balaban J connectivity index is 3.08. The Kier molecular flexibility index (Phi) is 1.03. The van der Waals surface area contributed by atoms with E-state index in [-0.39, 0.29) is 5.56 Å². The fourth-order valence-electron chi connectivity index (χ4n) is 1.08. The minimum Gasteiger partial charge on any atom is -0.383 e. The second-order valence-corrected chi connectivity index (χ2v) is 2.30. The fourth-order valence-corrected chi connectivity index (χ4v) is 1.08. The van der Waals surface area contributed by atoms with Gasteiger partial charge in [0, 0.05) is 12.3 Å². The minimum absolute atomic E-state index is 0.110. The second-order valence-electron chi connectivity index (χ2n) is 2.30. The number of nitrogens with one attached hydrogen (secondary N) is 1. The van der Waals surface area contributed by atoms with Crippen molar-refractivity contribution >= 4 is 11.5 Å². The molecule has 0 saturated carbocycles. The average Bonchev–Trinajstić information content (AvgIpc) is 2.34. The van der Waals surface area contributed by atoms with Crippen LogP contribution < -0.4 is 11.3 Å². The molecule has 56 valence electrons. The molecule has 0 aliphatic carbocycles. The molecule has 0 aliphatic heterocycles. The zero-order valence-corrected chi connectivity index (χ0v) is 5.74. The summed E-state index contributed by atoms with van der Waals surface area (Å²) in [4.78, 5) is 14.0. The first-order chi connectivity index (χ1) is 5.29. The summed E-state index contributed by atoms with van der Waals surface area (Å²) in [5, 5.41) is 0. The van der Waals surface area contributed by atoms with Crippen LogP contribution in [-0.4, -0.2) is 9.38 Å². The van der Waals surface area contributed by atoms with Crippen LogP contribution in [0.1, 0.15) is 0 Å². The highest BCUT2D eigenvalue weighted by molar-refractivity contribution is 5.47. The molecule has 0 amide bonds. The van der Waals surface area contributed by atoms with E-state index in [1.807, 2.05) is 0 Å². The molecular formula is C7H7N3O. The van der Waals surface area contributed by atoms with Crippen molar-refractivity contribution in [2.75, 3.05) is 5.73 Å². The third kappa shape index (κ3) is 0.724. The Labute approximate surface area is 62.3 Å². The van der Waals surface area contributed by atoms with Crippen LogP contribution in [0.15, 0.2) is 29.2 Å². The van der Waals surface area contributed by atoms with Gasteiger partial charge in [0.2, 0.25) is 0 Å². The van der Waals surface area contributed by atoms with Gasteiger partial charge in [-0.25, -0.2) is 4.40 Å². The Bertz CT molecular complexity index is 440. The van der Waals surface area contributed by atoms with Gasteiger partial charge in [0.05, 0.1) is 0 Å². The molecule has 0 atom stereocenters. The molecule has 2 aromatic rings. The van der Waals surface area contributed by atoms with Crippen molar-refractivity contribution in [1.29, 1.82) is 0 Å². The number of imidazole rings is 1. The van der Waals surface area contributed by atoms with E-state index in [1.54, 1.807) is 18.3 Å². The molecule has 4 nitrogen and oxygen atoms in total. The lowest BCUT2D eigenvalue weighted by Gasteiger charge is -1.91. The van der Waals surface area contributed by atoms with Crippen LogP contribution in [0.2, 0.25) is 0 Å². The van der Waals surface area contributed by atoms with Crippen LogP contribution in [0.25, 0.3) is 5.65 Å². The summed E-state index contributed by atoms with van der Waals surface area (Å²) < 4.78 is 1.42. The molecule has 3 N–H and O–H groups in total. The van der Waals surface area contributed by atoms with Gasteiger partial charge in [-0.15, -0.1) is 0 Å². The number of rotatable bonds is 0. The summed E-state index contributed by atoms with van der Waals surface area (Å²) >= 11 is 0. The third-order valence-corrected chi connectivity index (χ3v) is 1.58. The van der Waals surface area contributed by atoms with Gasteiger partial charge in [-0.2, -0.15) is 0 Å². The number of aromatic nitrogens is 2. The number of hydrogen-bond acceptors (Lipinski definition) is 2. The number of hydrogen-bond donors (Lipinski definition) is 2. The quantitative estimate of drug-likeness (QED) is 0.562. The maximum Gasteiger partial charge on any atom is 0.257 e. The van der Waals surface area contributed by atoms with Crippen molar-refractivity contribution in [1.82, 2.24) is 9.38 Å². The van der Waals surface area contributed by atoms with Gasteiger partial charge in [-0.1, -0.05) is 6.07 Å². The van der Waals surface area contributed by atoms with Crippen LogP contribution >= 0.6 is 0 Å². The van der Waals surface area contributed by atoms with Crippen molar-refractivity contribution in [3.8, 4) is 0 Å². The van der Waals surface area contributed by atoms with Crippen LogP contribution in [0.5, 0.6) is 0 Å². The van der Waals surface area contributed by atoms with E-state index in [1.165, 1.54) is 10.5 Å². The van der Waals surface area contributed by atoms with Gasteiger partial charge in [0.25, 0.3) is 5.56 Å². The molecule has 2 rings (SSSR count). The van der Waals surface area contributed by atoms with E-state index in [2.05, 4.69) is 4.98 Å². The predicted octanol–water partition coefficient (Wildman–Crippen LogP) is 0.210.